The second-order valence-electron chi connectivity index (χ2n) is 4.10. The van der Waals surface area contributed by atoms with Gasteiger partial charge < -0.3 is 30.5 Å². The highest BCUT2D eigenvalue weighted by atomic mass is 35.5. The molecule has 1 aliphatic heterocycles. The lowest BCUT2D eigenvalue weighted by Crippen LogP contribution is -2.65. The van der Waals surface area contributed by atoms with E-state index in [0.29, 0.717) is 5.01 Å². The molecule has 1 saturated heterocycles. The standard InChI is InChI=1S/C9H16ClN3O7/c10-1-2-13(12-19)9(18)11-5-6(15)4(3-14)20-8(17)7(5)16/h4-8,14-17H,1-3H2,(H,11,18)/t4-,5+,6-,7-,8?/m1/s1. The molecule has 1 rings (SSSR count). The van der Waals surface area contributed by atoms with Gasteiger partial charge in [0.25, 0.3) is 0 Å². The lowest BCUT2D eigenvalue weighted by Gasteiger charge is -2.40. The third-order valence-corrected chi connectivity index (χ3v) is 2.99. The van der Waals surface area contributed by atoms with E-state index >= 15 is 0 Å². The Morgan fingerprint density at radius 2 is 2.00 bits per heavy atom. The Morgan fingerprint density at radius 1 is 1.35 bits per heavy atom. The van der Waals surface area contributed by atoms with Crippen molar-refractivity contribution in [3.63, 3.8) is 0 Å². The van der Waals surface area contributed by atoms with E-state index in [0.717, 1.165) is 0 Å². The lowest BCUT2D eigenvalue weighted by molar-refractivity contribution is -0.261. The molecule has 0 aromatic heterocycles. The number of aliphatic hydroxyl groups excluding tert-OH is 4. The van der Waals surface area contributed by atoms with Crippen LogP contribution in [0.4, 0.5) is 4.79 Å². The number of rotatable bonds is 5. The van der Waals surface area contributed by atoms with Crippen molar-refractivity contribution in [2.24, 2.45) is 5.29 Å². The summed E-state index contributed by atoms with van der Waals surface area (Å²) in [5.41, 5.74) is 0. The smallest absolute Gasteiger partial charge is 0.340 e. The van der Waals surface area contributed by atoms with Crippen LogP contribution in [0.25, 0.3) is 0 Å². The van der Waals surface area contributed by atoms with Crippen molar-refractivity contribution in [2.45, 2.75) is 30.6 Å². The average molecular weight is 314 g/mol. The number of hydrogen-bond donors (Lipinski definition) is 5. The van der Waals surface area contributed by atoms with Crippen LogP contribution >= 0.6 is 11.6 Å². The molecule has 5 N–H and O–H groups in total. The number of hydrogen-bond acceptors (Lipinski definition) is 8. The first-order valence-corrected chi connectivity index (χ1v) is 6.27. The van der Waals surface area contributed by atoms with Crippen LogP contribution in [0.15, 0.2) is 5.29 Å². The second-order valence-corrected chi connectivity index (χ2v) is 4.48. The molecule has 0 spiro atoms. The maximum atomic E-state index is 11.7. The van der Waals surface area contributed by atoms with Crippen LogP contribution < -0.4 is 5.32 Å². The van der Waals surface area contributed by atoms with Gasteiger partial charge in [0.15, 0.2) is 6.29 Å². The molecular weight excluding hydrogens is 298 g/mol. The van der Waals surface area contributed by atoms with Crippen LogP contribution in [0.3, 0.4) is 0 Å². The van der Waals surface area contributed by atoms with E-state index in [1.807, 2.05) is 0 Å². The topological polar surface area (TPSA) is 152 Å². The number of amides is 2. The molecule has 0 aliphatic carbocycles. The number of halogens is 1. The fourth-order valence-electron chi connectivity index (χ4n) is 1.75. The van der Waals surface area contributed by atoms with Crippen LogP contribution in [0.5, 0.6) is 0 Å². The van der Waals surface area contributed by atoms with Crippen molar-refractivity contribution in [1.29, 1.82) is 0 Å². The maximum Gasteiger partial charge on any atom is 0.340 e. The van der Waals surface area contributed by atoms with Gasteiger partial charge in [-0.15, -0.1) is 16.5 Å². The molecule has 1 aliphatic rings. The zero-order valence-electron chi connectivity index (χ0n) is 10.3. The Labute approximate surface area is 118 Å². The van der Waals surface area contributed by atoms with Gasteiger partial charge in [-0.05, 0) is 0 Å². The molecule has 20 heavy (non-hydrogen) atoms. The van der Waals surface area contributed by atoms with E-state index in [9.17, 15) is 25.0 Å². The summed E-state index contributed by atoms with van der Waals surface area (Å²) < 4.78 is 4.74. The number of ether oxygens (including phenoxy) is 1. The van der Waals surface area contributed by atoms with Crippen molar-refractivity contribution < 1.29 is 30.0 Å². The molecular formula is C9H16ClN3O7. The molecule has 0 radical (unpaired) electrons. The van der Waals surface area contributed by atoms with E-state index in [1.54, 1.807) is 0 Å². The molecule has 1 heterocycles. The van der Waals surface area contributed by atoms with Gasteiger partial charge in [0, 0.05) is 5.88 Å². The van der Waals surface area contributed by atoms with E-state index < -0.39 is 43.3 Å². The number of carbonyl (C=O) groups excluding carboxylic acids is 1. The van der Waals surface area contributed by atoms with Crippen molar-refractivity contribution >= 4 is 17.6 Å². The van der Waals surface area contributed by atoms with Crippen LogP contribution in [0.2, 0.25) is 0 Å². The zero-order valence-corrected chi connectivity index (χ0v) is 11.0. The zero-order chi connectivity index (χ0) is 15.3. The van der Waals surface area contributed by atoms with Gasteiger partial charge in [0.1, 0.15) is 18.3 Å². The van der Waals surface area contributed by atoms with Gasteiger partial charge >= 0.3 is 6.03 Å². The minimum Gasteiger partial charge on any atom is -0.394 e. The highest BCUT2D eigenvalue weighted by Gasteiger charge is 2.44. The van der Waals surface area contributed by atoms with Gasteiger partial charge in [-0.2, -0.15) is 5.01 Å². The maximum absolute atomic E-state index is 11.7. The number of urea groups is 1. The van der Waals surface area contributed by atoms with Crippen molar-refractivity contribution in [3.05, 3.63) is 4.91 Å². The summed E-state index contributed by atoms with van der Waals surface area (Å²) in [4.78, 5) is 22.1. The Hall–Kier alpha value is -1.04. The van der Waals surface area contributed by atoms with Crippen LogP contribution in [0.1, 0.15) is 0 Å². The van der Waals surface area contributed by atoms with E-state index in [-0.39, 0.29) is 12.4 Å². The van der Waals surface area contributed by atoms with Gasteiger partial charge in [-0.25, -0.2) is 4.79 Å². The van der Waals surface area contributed by atoms with E-state index in [4.69, 9.17) is 21.4 Å². The number of alkyl halides is 1. The Kier molecular flexibility index (Phi) is 6.52. The normalized spacial score (nSPS) is 33.5. The fourth-order valence-corrected chi connectivity index (χ4v) is 1.91. The lowest BCUT2D eigenvalue weighted by atomic mass is 9.96. The van der Waals surface area contributed by atoms with Gasteiger partial charge in [0.05, 0.1) is 24.5 Å². The molecule has 10 nitrogen and oxygen atoms in total. The quantitative estimate of drug-likeness (QED) is 0.218. The highest BCUT2D eigenvalue weighted by Crippen LogP contribution is 2.20. The minimum atomic E-state index is -1.70. The van der Waals surface area contributed by atoms with Crippen molar-refractivity contribution in [1.82, 2.24) is 10.3 Å². The molecule has 2 amide bonds. The van der Waals surface area contributed by atoms with Gasteiger partial charge in [-0.1, -0.05) is 0 Å². The van der Waals surface area contributed by atoms with Gasteiger partial charge in [-0.3, -0.25) is 0 Å². The van der Waals surface area contributed by atoms with E-state index in [2.05, 4.69) is 10.6 Å². The average Bonchev–Trinajstić information content (AvgIpc) is 2.44. The van der Waals surface area contributed by atoms with Crippen molar-refractivity contribution in [3.8, 4) is 0 Å². The number of aliphatic hydroxyl groups is 4. The largest absolute Gasteiger partial charge is 0.394 e. The number of nitrogens with one attached hydrogen (secondary N) is 1. The Morgan fingerprint density at radius 3 is 2.50 bits per heavy atom. The SMILES string of the molecule is O=NN(CCCl)C(=O)N[C@H]1[C@H](O)[C@@H](CO)OC(O)[C@@H]1O. The molecule has 0 bridgehead atoms. The van der Waals surface area contributed by atoms with Crippen molar-refractivity contribution in [2.75, 3.05) is 19.0 Å². The molecule has 5 atom stereocenters. The second kappa shape index (κ2) is 7.67. The number of nitrogens with zero attached hydrogens (tertiary/aromatic N) is 2. The van der Waals surface area contributed by atoms with E-state index in [1.165, 1.54) is 0 Å². The molecule has 1 unspecified atom stereocenters. The first-order valence-electron chi connectivity index (χ1n) is 5.74. The Bertz CT molecular complexity index is 348. The predicted molar refractivity (Wildman–Crippen MR) is 65.5 cm³/mol. The Balaban J connectivity index is 2.76. The summed E-state index contributed by atoms with van der Waals surface area (Å²) in [6.45, 7) is -0.799. The highest BCUT2D eigenvalue weighted by molar-refractivity contribution is 6.18. The summed E-state index contributed by atoms with van der Waals surface area (Å²) in [7, 11) is 0. The summed E-state index contributed by atoms with van der Waals surface area (Å²) in [6.07, 6.45) is -6.01. The fraction of sp³-hybridized carbons (Fsp3) is 0.889. The molecule has 1 fully saturated rings. The summed E-state index contributed by atoms with van der Waals surface area (Å²) in [5.74, 6) is -0.0417. The molecule has 0 aromatic carbocycles. The number of nitroso groups, excluding NO2 is 1. The van der Waals surface area contributed by atoms with Crippen LogP contribution in [0, 0.1) is 4.91 Å². The third kappa shape index (κ3) is 3.75. The van der Waals surface area contributed by atoms with Crippen LogP contribution in [-0.2, 0) is 4.74 Å². The van der Waals surface area contributed by atoms with Crippen LogP contribution in [-0.4, -0.2) is 81.1 Å². The summed E-state index contributed by atoms with van der Waals surface area (Å²) >= 11 is 5.38. The molecule has 0 aromatic rings. The van der Waals surface area contributed by atoms with Gasteiger partial charge in [0.2, 0.25) is 0 Å². The first-order chi connectivity index (χ1) is 9.46. The molecule has 116 valence electrons. The molecule has 0 saturated carbocycles. The first kappa shape index (κ1) is 17.0. The monoisotopic (exact) mass is 313 g/mol. The third-order valence-electron chi connectivity index (χ3n) is 2.82. The summed E-state index contributed by atoms with van der Waals surface area (Å²) in [6, 6.07) is -2.35. The minimum absolute atomic E-state index is 0.0417. The number of carbonyl (C=O) groups is 1. The predicted octanol–water partition coefficient (Wildman–Crippen LogP) is -2.28. The molecule has 11 heteroatoms. The summed E-state index contributed by atoms with van der Waals surface area (Å²) in [5, 5.41) is 42.9.